The van der Waals surface area contributed by atoms with Crippen molar-refractivity contribution in [2.75, 3.05) is 11.1 Å². The summed E-state index contributed by atoms with van der Waals surface area (Å²) in [7, 11) is -1.16. The molecule has 0 spiro atoms. The van der Waals surface area contributed by atoms with Crippen LogP contribution < -0.4 is 4.90 Å². The van der Waals surface area contributed by atoms with Gasteiger partial charge in [0.05, 0.1) is 8.07 Å². The highest BCUT2D eigenvalue weighted by Gasteiger charge is 2.54. The van der Waals surface area contributed by atoms with Crippen molar-refractivity contribution < 1.29 is 0 Å². The van der Waals surface area contributed by atoms with Gasteiger partial charge in [-0.1, -0.05) is 68.6 Å². The van der Waals surface area contributed by atoms with E-state index in [1.54, 1.807) is 5.56 Å². The van der Waals surface area contributed by atoms with Gasteiger partial charge in [0.25, 0.3) is 0 Å². The highest BCUT2D eigenvalue weighted by Crippen LogP contribution is 2.58. The summed E-state index contributed by atoms with van der Waals surface area (Å²) in [6.45, 7) is 12.2. The van der Waals surface area contributed by atoms with Crippen LogP contribution in [-0.2, 0) is 0 Å². The van der Waals surface area contributed by atoms with Crippen molar-refractivity contribution in [3.8, 4) is 0 Å². The van der Waals surface area contributed by atoms with Crippen molar-refractivity contribution in [2.24, 2.45) is 17.8 Å². The minimum Gasteiger partial charge on any atom is -0.370 e. The molecule has 0 saturated heterocycles. The maximum Gasteiger partial charge on any atom is 0.0665 e. The Bertz CT molecular complexity index is 682. The number of hydrogen-bond acceptors (Lipinski definition) is 1. The number of nitrogens with zero attached hydrogens (tertiary/aromatic N) is 1. The molecule has 4 rings (SSSR count). The standard InChI is InChI=1S/C21H29NSi/c1-14-10-11-19-18(12-14)20-15(2)16-8-6-7-9-17(16)21(20)22(19)13-23(3,4)5/h6-12,15-17,20-21H,13H2,1-5H3. The average Bonchev–Trinajstić information content (AvgIpc) is 2.93. The second-order valence-corrected chi connectivity index (χ2v) is 14.5. The molecule has 1 heterocycles. The van der Waals surface area contributed by atoms with Crippen molar-refractivity contribution >= 4 is 13.8 Å². The maximum atomic E-state index is 2.80. The molecule has 0 bridgehead atoms. The van der Waals surface area contributed by atoms with Gasteiger partial charge in [0.15, 0.2) is 0 Å². The lowest BCUT2D eigenvalue weighted by Crippen LogP contribution is -2.46. The second kappa shape index (κ2) is 5.11. The van der Waals surface area contributed by atoms with Gasteiger partial charge in [0, 0.05) is 29.7 Å². The number of hydrogen-bond donors (Lipinski definition) is 0. The predicted octanol–water partition coefficient (Wildman–Crippen LogP) is 5.15. The molecular weight excluding hydrogens is 294 g/mol. The van der Waals surface area contributed by atoms with E-state index in [-0.39, 0.29) is 0 Å². The van der Waals surface area contributed by atoms with E-state index >= 15 is 0 Å². The van der Waals surface area contributed by atoms with E-state index in [1.807, 2.05) is 0 Å². The molecule has 5 atom stereocenters. The molecule has 1 aromatic carbocycles. The summed E-state index contributed by atoms with van der Waals surface area (Å²) in [6, 6.07) is 7.83. The first-order valence-electron chi connectivity index (χ1n) is 9.09. The zero-order chi connectivity index (χ0) is 16.4. The quantitative estimate of drug-likeness (QED) is 0.680. The Labute approximate surface area is 142 Å². The van der Waals surface area contributed by atoms with Gasteiger partial charge in [-0.3, -0.25) is 0 Å². The number of rotatable bonds is 2. The Morgan fingerprint density at radius 1 is 1.04 bits per heavy atom. The molecule has 3 aliphatic rings. The van der Waals surface area contributed by atoms with Gasteiger partial charge in [-0.2, -0.15) is 0 Å². The van der Waals surface area contributed by atoms with Gasteiger partial charge in [-0.25, -0.2) is 0 Å². The number of anilines is 1. The lowest BCUT2D eigenvalue weighted by Gasteiger charge is -2.36. The van der Waals surface area contributed by atoms with Crippen molar-refractivity contribution in [2.45, 2.75) is 45.4 Å². The third kappa shape index (κ3) is 2.34. The number of benzene rings is 1. The van der Waals surface area contributed by atoms with Crippen LogP contribution in [0, 0.1) is 24.7 Å². The molecular formula is C21H29NSi. The molecule has 0 aromatic heterocycles. The first kappa shape index (κ1) is 15.3. The summed E-state index contributed by atoms with van der Waals surface area (Å²) in [5.41, 5.74) is 4.56. The molecule has 122 valence electrons. The van der Waals surface area contributed by atoms with Crippen LogP contribution in [0.25, 0.3) is 0 Å². The fraction of sp³-hybridized carbons (Fsp3) is 0.524. The van der Waals surface area contributed by atoms with Crippen molar-refractivity contribution in [3.05, 3.63) is 53.6 Å². The fourth-order valence-electron chi connectivity index (χ4n) is 5.23. The van der Waals surface area contributed by atoms with Crippen LogP contribution in [0.2, 0.25) is 19.6 Å². The van der Waals surface area contributed by atoms with Crippen molar-refractivity contribution in [3.63, 3.8) is 0 Å². The molecule has 1 nitrogen and oxygen atoms in total. The third-order valence-electron chi connectivity index (χ3n) is 6.01. The Hall–Kier alpha value is -1.28. The summed E-state index contributed by atoms with van der Waals surface area (Å²) < 4.78 is 0. The van der Waals surface area contributed by atoms with E-state index in [4.69, 9.17) is 0 Å². The fourth-order valence-corrected chi connectivity index (χ4v) is 6.64. The summed E-state index contributed by atoms with van der Waals surface area (Å²) >= 11 is 0. The van der Waals surface area contributed by atoms with Crippen LogP contribution in [0.4, 0.5) is 5.69 Å². The minimum atomic E-state index is -1.16. The van der Waals surface area contributed by atoms with E-state index in [2.05, 4.69) is 80.9 Å². The summed E-state index contributed by atoms with van der Waals surface area (Å²) in [4.78, 5) is 2.80. The van der Waals surface area contributed by atoms with Crippen LogP contribution in [0.1, 0.15) is 24.0 Å². The lowest BCUT2D eigenvalue weighted by atomic mass is 9.83. The van der Waals surface area contributed by atoms with Gasteiger partial charge in [-0.05, 0) is 30.4 Å². The SMILES string of the molecule is Cc1ccc2c(c1)C1C(C)C3C=CC=CC3C1N2C[Si](C)(C)C. The molecule has 5 unspecified atom stereocenters. The van der Waals surface area contributed by atoms with Crippen LogP contribution in [0.15, 0.2) is 42.5 Å². The van der Waals surface area contributed by atoms with Crippen molar-refractivity contribution in [1.29, 1.82) is 0 Å². The summed E-state index contributed by atoms with van der Waals surface area (Å²) in [5, 5.41) is 0. The topological polar surface area (TPSA) is 3.24 Å². The zero-order valence-electron chi connectivity index (χ0n) is 15.1. The lowest BCUT2D eigenvalue weighted by molar-refractivity contribution is 0.428. The molecule has 2 aliphatic carbocycles. The summed E-state index contributed by atoms with van der Waals surface area (Å²) in [6.07, 6.45) is 10.8. The first-order chi connectivity index (χ1) is 10.9. The Kier molecular flexibility index (Phi) is 3.39. The van der Waals surface area contributed by atoms with Gasteiger partial charge in [0.2, 0.25) is 0 Å². The molecule has 0 radical (unpaired) electrons. The van der Waals surface area contributed by atoms with Gasteiger partial charge in [0.1, 0.15) is 0 Å². The number of aryl methyl sites for hydroxylation is 1. The maximum absolute atomic E-state index is 2.80. The molecule has 23 heavy (non-hydrogen) atoms. The highest BCUT2D eigenvalue weighted by atomic mass is 28.3. The molecule has 1 aromatic rings. The van der Waals surface area contributed by atoms with Crippen LogP contribution in [0.3, 0.4) is 0 Å². The number of fused-ring (bicyclic) bond motifs is 5. The van der Waals surface area contributed by atoms with E-state index in [0.717, 1.165) is 5.92 Å². The van der Waals surface area contributed by atoms with Gasteiger partial charge < -0.3 is 4.90 Å². The van der Waals surface area contributed by atoms with Crippen LogP contribution >= 0.6 is 0 Å². The third-order valence-corrected chi connectivity index (χ3v) is 7.30. The van der Waals surface area contributed by atoms with Crippen LogP contribution in [0.5, 0.6) is 0 Å². The smallest absolute Gasteiger partial charge is 0.0665 e. The van der Waals surface area contributed by atoms with E-state index in [1.165, 1.54) is 17.4 Å². The van der Waals surface area contributed by atoms with E-state index in [0.29, 0.717) is 23.8 Å². The monoisotopic (exact) mass is 323 g/mol. The van der Waals surface area contributed by atoms with Gasteiger partial charge >= 0.3 is 0 Å². The zero-order valence-corrected chi connectivity index (χ0v) is 16.1. The molecule has 1 aliphatic heterocycles. The van der Waals surface area contributed by atoms with Gasteiger partial charge in [-0.15, -0.1) is 0 Å². The minimum absolute atomic E-state index is 0.666. The molecule has 2 heteroatoms. The number of allylic oxidation sites excluding steroid dienone is 3. The predicted molar refractivity (Wildman–Crippen MR) is 103 cm³/mol. The molecule has 0 amide bonds. The second-order valence-electron chi connectivity index (χ2n) is 9.05. The average molecular weight is 324 g/mol. The first-order valence-corrected chi connectivity index (χ1v) is 12.8. The van der Waals surface area contributed by atoms with Crippen molar-refractivity contribution in [1.82, 2.24) is 0 Å². The van der Waals surface area contributed by atoms with E-state index in [9.17, 15) is 0 Å². The summed E-state index contributed by atoms with van der Waals surface area (Å²) in [5.74, 6) is 2.83. The Balaban J connectivity index is 1.83. The Morgan fingerprint density at radius 2 is 1.74 bits per heavy atom. The van der Waals surface area contributed by atoms with Crippen LogP contribution in [-0.4, -0.2) is 20.3 Å². The molecule has 1 fully saturated rings. The largest absolute Gasteiger partial charge is 0.370 e. The Morgan fingerprint density at radius 3 is 2.43 bits per heavy atom. The normalized spacial score (nSPS) is 34.5. The highest BCUT2D eigenvalue weighted by molar-refractivity contribution is 6.76. The van der Waals surface area contributed by atoms with E-state index < -0.39 is 8.07 Å². The molecule has 0 N–H and O–H groups in total. The molecule has 1 saturated carbocycles.